The first kappa shape index (κ1) is 21.0. The Morgan fingerprint density at radius 2 is 1.47 bits per heavy atom. The maximum atomic E-state index is 13.3. The largest absolute Gasteiger partial charge is 0.493 e. The molecule has 1 saturated heterocycles. The van der Waals surface area contributed by atoms with Crippen molar-refractivity contribution < 1.29 is 14.3 Å². The summed E-state index contributed by atoms with van der Waals surface area (Å²) in [5.41, 5.74) is 4.92. The van der Waals surface area contributed by atoms with Crippen molar-refractivity contribution in [3.8, 4) is 11.5 Å². The van der Waals surface area contributed by atoms with E-state index in [1.54, 1.807) is 14.2 Å². The summed E-state index contributed by atoms with van der Waals surface area (Å²) >= 11 is 1.51. The van der Waals surface area contributed by atoms with Crippen LogP contribution in [0.25, 0.3) is 0 Å². The monoisotopic (exact) mass is 445 g/mol. The van der Waals surface area contributed by atoms with Crippen molar-refractivity contribution in [2.24, 2.45) is 0 Å². The van der Waals surface area contributed by atoms with Gasteiger partial charge in [-0.3, -0.25) is 4.79 Å². The lowest BCUT2D eigenvalue weighted by Crippen LogP contribution is -2.43. The van der Waals surface area contributed by atoms with E-state index in [4.69, 9.17) is 9.47 Å². The summed E-state index contributed by atoms with van der Waals surface area (Å²) in [6.45, 7) is 0.727. The zero-order valence-electron chi connectivity index (χ0n) is 18.4. The molecule has 2 aliphatic heterocycles. The summed E-state index contributed by atoms with van der Waals surface area (Å²) in [7, 11) is 3.34. The van der Waals surface area contributed by atoms with Gasteiger partial charge in [0, 0.05) is 6.54 Å². The molecular weight excluding hydrogens is 418 g/mol. The maximum absolute atomic E-state index is 13.3. The second kappa shape index (κ2) is 8.55. The van der Waals surface area contributed by atoms with Crippen LogP contribution < -0.4 is 9.47 Å². The SMILES string of the molecule is COc1cc2c(cc1OC)C1N(CC2)C(=O)SC1(Cc1ccccc1)Cc1ccccc1. The summed E-state index contributed by atoms with van der Waals surface area (Å²) < 4.78 is 10.9. The minimum Gasteiger partial charge on any atom is -0.493 e. The van der Waals surface area contributed by atoms with Crippen LogP contribution in [0.5, 0.6) is 11.5 Å². The van der Waals surface area contributed by atoms with E-state index in [1.807, 2.05) is 12.1 Å². The molecule has 0 spiro atoms. The topological polar surface area (TPSA) is 38.8 Å². The average molecular weight is 446 g/mol. The fraction of sp³-hybridized carbons (Fsp3) is 0.296. The van der Waals surface area contributed by atoms with Gasteiger partial charge < -0.3 is 14.4 Å². The minimum atomic E-state index is -0.311. The van der Waals surface area contributed by atoms with Crippen molar-refractivity contribution in [1.29, 1.82) is 0 Å². The number of nitrogens with zero attached hydrogens (tertiary/aromatic N) is 1. The number of benzene rings is 3. The highest BCUT2D eigenvalue weighted by Crippen LogP contribution is 2.56. The molecular formula is C27H27NO3S. The van der Waals surface area contributed by atoms with Gasteiger partial charge in [-0.05, 0) is 53.6 Å². The van der Waals surface area contributed by atoms with E-state index >= 15 is 0 Å². The van der Waals surface area contributed by atoms with Crippen LogP contribution in [0.4, 0.5) is 4.79 Å². The molecule has 1 unspecified atom stereocenters. The van der Waals surface area contributed by atoms with E-state index in [-0.39, 0.29) is 16.0 Å². The Hall–Kier alpha value is -2.92. The molecule has 1 amide bonds. The number of amides is 1. The van der Waals surface area contributed by atoms with Crippen LogP contribution in [0.1, 0.15) is 28.3 Å². The van der Waals surface area contributed by atoms with Crippen molar-refractivity contribution >= 4 is 17.0 Å². The highest BCUT2D eigenvalue weighted by Gasteiger charge is 2.55. The molecule has 1 fully saturated rings. The van der Waals surface area contributed by atoms with Crippen LogP contribution in [0, 0.1) is 0 Å². The standard InChI is InChI=1S/C27H27NO3S/c1-30-23-15-21-13-14-28-25(22(21)16-24(23)31-2)27(32-26(28)29,17-19-9-5-3-6-10-19)18-20-11-7-4-8-12-20/h3-12,15-16,25H,13-14,17-18H2,1-2H3. The Bertz CT molecular complexity index is 1080. The van der Waals surface area contributed by atoms with Gasteiger partial charge in [-0.2, -0.15) is 0 Å². The van der Waals surface area contributed by atoms with Crippen LogP contribution in [-0.2, 0) is 19.3 Å². The first-order valence-electron chi connectivity index (χ1n) is 11.0. The zero-order chi connectivity index (χ0) is 22.1. The molecule has 5 rings (SSSR count). The van der Waals surface area contributed by atoms with Crippen molar-refractivity contribution in [2.75, 3.05) is 20.8 Å². The molecule has 3 aromatic rings. The highest BCUT2D eigenvalue weighted by molar-refractivity contribution is 8.15. The molecule has 0 aliphatic carbocycles. The fourth-order valence-corrected chi connectivity index (χ4v) is 6.71. The third kappa shape index (κ3) is 3.65. The number of hydrogen-bond acceptors (Lipinski definition) is 4. The lowest BCUT2D eigenvalue weighted by molar-refractivity contribution is 0.183. The molecule has 0 aromatic heterocycles. The van der Waals surface area contributed by atoms with E-state index in [0.29, 0.717) is 5.75 Å². The van der Waals surface area contributed by atoms with Gasteiger partial charge in [-0.1, -0.05) is 72.4 Å². The van der Waals surface area contributed by atoms with Crippen LogP contribution in [0.15, 0.2) is 72.8 Å². The molecule has 5 heteroatoms. The predicted octanol–water partition coefficient (Wildman–Crippen LogP) is 5.69. The van der Waals surface area contributed by atoms with E-state index < -0.39 is 0 Å². The first-order chi connectivity index (χ1) is 15.6. The molecule has 1 atom stereocenters. The normalized spacial score (nSPS) is 18.8. The number of carbonyl (C=O) groups excluding carboxylic acids is 1. The van der Waals surface area contributed by atoms with Gasteiger partial charge in [0.15, 0.2) is 11.5 Å². The third-order valence-corrected chi connectivity index (χ3v) is 7.92. The minimum absolute atomic E-state index is 0.0241. The number of fused-ring (bicyclic) bond motifs is 3. The number of carbonyl (C=O) groups is 1. The van der Waals surface area contributed by atoms with E-state index in [0.717, 1.165) is 31.6 Å². The summed E-state index contributed by atoms with van der Waals surface area (Å²) in [6.07, 6.45) is 2.45. The van der Waals surface area contributed by atoms with Gasteiger partial charge in [0.2, 0.25) is 0 Å². The van der Waals surface area contributed by atoms with Crippen molar-refractivity contribution in [3.05, 3.63) is 95.1 Å². The number of hydrogen-bond donors (Lipinski definition) is 0. The van der Waals surface area contributed by atoms with Crippen LogP contribution in [0.2, 0.25) is 0 Å². The maximum Gasteiger partial charge on any atom is 0.282 e. The quantitative estimate of drug-likeness (QED) is 0.488. The van der Waals surface area contributed by atoms with Crippen molar-refractivity contribution in [3.63, 3.8) is 0 Å². The van der Waals surface area contributed by atoms with Gasteiger partial charge in [0.05, 0.1) is 25.0 Å². The summed E-state index contributed by atoms with van der Waals surface area (Å²) in [6, 6.07) is 25.2. The molecule has 3 aromatic carbocycles. The average Bonchev–Trinajstić information content (AvgIpc) is 3.10. The Morgan fingerprint density at radius 3 is 2.03 bits per heavy atom. The van der Waals surface area contributed by atoms with Crippen molar-refractivity contribution in [1.82, 2.24) is 4.90 Å². The predicted molar refractivity (Wildman–Crippen MR) is 129 cm³/mol. The van der Waals surface area contributed by atoms with Crippen molar-refractivity contribution in [2.45, 2.75) is 30.1 Å². The van der Waals surface area contributed by atoms with Crippen LogP contribution in [-0.4, -0.2) is 35.7 Å². The van der Waals surface area contributed by atoms with Gasteiger partial charge in [0.25, 0.3) is 5.24 Å². The molecule has 0 N–H and O–H groups in total. The molecule has 4 nitrogen and oxygen atoms in total. The first-order valence-corrected chi connectivity index (χ1v) is 11.8. The molecule has 2 heterocycles. The lowest BCUT2D eigenvalue weighted by atomic mass is 9.78. The number of methoxy groups -OCH3 is 2. The summed E-state index contributed by atoms with van der Waals surface area (Å²) in [5, 5.41) is 0.169. The summed E-state index contributed by atoms with van der Waals surface area (Å²) in [4.78, 5) is 15.4. The van der Waals surface area contributed by atoms with Gasteiger partial charge in [-0.15, -0.1) is 0 Å². The molecule has 164 valence electrons. The number of ether oxygens (including phenoxy) is 2. The Labute approximate surface area is 193 Å². The molecule has 0 saturated carbocycles. The number of thioether (sulfide) groups is 1. The summed E-state index contributed by atoms with van der Waals surface area (Å²) in [5.74, 6) is 1.46. The lowest BCUT2D eigenvalue weighted by Gasteiger charge is -2.41. The molecule has 2 aliphatic rings. The highest BCUT2D eigenvalue weighted by atomic mass is 32.2. The Morgan fingerprint density at radius 1 is 0.906 bits per heavy atom. The van der Waals surface area contributed by atoms with Gasteiger partial charge in [-0.25, -0.2) is 0 Å². The number of rotatable bonds is 6. The van der Waals surface area contributed by atoms with Crippen LogP contribution >= 0.6 is 11.8 Å². The second-order valence-corrected chi connectivity index (χ2v) is 9.88. The zero-order valence-corrected chi connectivity index (χ0v) is 19.2. The van der Waals surface area contributed by atoms with Gasteiger partial charge >= 0.3 is 0 Å². The molecule has 0 radical (unpaired) electrons. The third-order valence-electron chi connectivity index (χ3n) is 6.59. The van der Waals surface area contributed by atoms with E-state index in [9.17, 15) is 4.79 Å². The molecule has 32 heavy (non-hydrogen) atoms. The van der Waals surface area contributed by atoms with Gasteiger partial charge in [0.1, 0.15) is 0 Å². The smallest absolute Gasteiger partial charge is 0.282 e. The van der Waals surface area contributed by atoms with E-state index in [1.165, 1.54) is 34.0 Å². The van der Waals surface area contributed by atoms with Crippen LogP contribution in [0.3, 0.4) is 0 Å². The second-order valence-electron chi connectivity index (χ2n) is 8.51. The van der Waals surface area contributed by atoms with E-state index in [2.05, 4.69) is 65.6 Å². The fourth-order valence-electron chi connectivity index (χ4n) is 5.21. The Kier molecular flexibility index (Phi) is 5.60. The molecule has 0 bridgehead atoms. The Balaban J connectivity index is 1.66.